The van der Waals surface area contributed by atoms with Crippen molar-refractivity contribution in [3.8, 4) is 0 Å². The van der Waals surface area contributed by atoms with Crippen LogP contribution in [0.4, 0.5) is 5.69 Å². The van der Waals surface area contributed by atoms with E-state index in [2.05, 4.69) is 45.4 Å². The van der Waals surface area contributed by atoms with Crippen molar-refractivity contribution in [3.63, 3.8) is 0 Å². The predicted octanol–water partition coefficient (Wildman–Crippen LogP) is 0.357. The van der Waals surface area contributed by atoms with E-state index in [4.69, 9.17) is 5.73 Å². The number of nitrogens with two attached hydrogens (primary N) is 1. The first-order chi connectivity index (χ1) is 8.90. The number of hydrogen-bond acceptors (Lipinski definition) is 4. The molecule has 0 unspecified atom stereocenters. The van der Waals surface area contributed by atoms with Crippen LogP contribution in [-0.4, -0.2) is 57.3 Å². The number of hydrogen-bond donors (Lipinski definition) is 2. The molecular weight excluding hydrogens is 224 g/mol. The molecule has 1 heterocycles. The molecule has 0 amide bonds. The average Bonchev–Trinajstić information content (AvgIpc) is 2.45. The lowest BCUT2D eigenvalue weighted by Gasteiger charge is -2.36. The van der Waals surface area contributed by atoms with Gasteiger partial charge in [-0.2, -0.15) is 0 Å². The van der Waals surface area contributed by atoms with Gasteiger partial charge in [0.2, 0.25) is 0 Å². The van der Waals surface area contributed by atoms with Gasteiger partial charge in [0.05, 0.1) is 0 Å². The van der Waals surface area contributed by atoms with Crippen molar-refractivity contribution >= 4 is 5.69 Å². The Labute approximate surface area is 110 Å². The van der Waals surface area contributed by atoms with Crippen LogP contribution in [0.15, 0.2) is 30.3 Å². The maximum Gasteiger partial charge on any atom is 0.0367 e. The highest BCUT2D eigenvalue weighted by Gasteiger charge is 2.16. The molecule has 4 nitrogen and oxygen atoms in total. The first-order valence-electron chi connectivity index (χ1n) is 6.83. The number of nitrogens with one attached hydrogen (secondary N) is 1. The molecule has 1 aromatic carbocycles. The highest BCUT2D eigenvalue weighted by molar-refractivity contribution is 5.46. The summed E-state index contributed by atoms with van der Waals surface area (Å²) < 4.78 is 0. The molecule has 0 bridgehead atoms. The quantitative estimate of drug-likeness (QED) is 0.713. The Bertz CT molecular complexity index is 320. The van der Waals surface area contributed by atoms with E-state index in [-0.39, 0.29) is 0 Å². The van der Waals surface area contributed by atoms with Gasteiger partial charge in [-0.25, -0.2) is 0 Å². The summed E-state index contributed by atoms with van der Waals surface area (Å²) in [6.45, 7) is 8.37. The van der Waals surface area contributed by atoms with Crippen LogP contribution in [-0.2, 0) is 0 Å². The third kappa shape index (κ3) is 3.98. The van der Waals surface area contributed by atoms with Crippen molar-refractivity contribution in [3.05, 3.63) is 30.3 Å². The molecule has 1 aliphatic rings. The third-order valence-electron chi connectivity index (χ3n) is 3.42. The standard InChI is InChI=1S/C14H24N4/c15-6-7-16-8-9-17-10-12-18(13-11-17)14-4-2-1-3-5-14/h1-5,16H,6-13,15H2. The highest BCUT2D eigenvalue weighted by Crippen LogP contribution is 2.15. The molecule has 1 saturated heterocycles. The summed E-state index contributed by atoms with van der Waals surface area (Å²) in [6, 6.07) is 10.7. The van der Waals surface area contributed by atoms with Gasteiger partial charge in [-0.3, -0.25) is 4.90 Å². The van der Waals surface area contributed by atoms with Crippen LogP contribution in [0.3, 0.4) is 0 Å². The molecule has 0 saturated carbocycles. The molecule has 1 aliphatic heterocycles. The number of piperazine rings is 1. The lowest BCUT2D eigenvalue weighted by molar-refractivity contribution is 0.258. The number of rotatable bonds is 6. The first kappa shape index (κ1) is 13.3. The highest BCUT2D eigenvalue weighted by atomic mass is 15.3. The molecule has 1 fully saturated rings. The topological polar surface area (TPSA) is 44.5 Å². The fourth-order valence-electron chi connectivity index (χ4n) is 2.33. The Balaban J connectivity index is 1.68. The van der Waals surface area contributed by atoms with E-state index in [1.165, 1.54) is 5.69 Å². The van der Waals surface area contributed by atoms with E-state index in [1.54, 1.807) is 0 Å². The van der Waals surface area contributed by atoms with Crippen molar-refractivity contribution in [2.75, 3.05) is 57.3 Å². The molecule has 0 aromatic heterocycles. The lowest BCUT2D eigenvalue weighted by atomic mass is 10.2. The van der Waals surface area contributed by atoms with Crippen LogP contribution < -0.4 is 16.0 Å². The minimum absolute atomic E-state index is 0.724. The number of anilines is 1. The van der Waals surface area contributed by atoms with Gasteiger partial charge in [0, 0.05) is 58.0 Å². The molecule has 100 valence electrons. The Morgan fingerprint density at radius 3 is 2.39 bits per heavy atom. The van der Waals surface area contributed by atoms with E-state index in [1.807, 2.05) is 0 Å². The van der Waals surface area contributed by atoms with E-state index in [0.717, 1.165) is 52.4 Å². The molecule has 0 spiro atoms. The maximum atomic E-state index is 5.45. The van der Waals surface area contributed by atoms with Gasteiger partial charge < -0.3 is 16.0 Å². The largest absolute Gasteiger partial charge is 0.369 e. The smallest absolute Gasteiger partial charge is 0.0367 e. The van der Waals surface area contributed by atoms with Crippen molar-refractivity contribution in [2.24, 2.45) is 5.73 Å². The van der Waals surface area contributed by atoms with E-state index < -0.39 is 0 Å². The van der Waals surface area contributed by atoms with Crippen molar-refractivity contribution < 1.29 is 0 Å². The first-order valence-corrected chi connectivity index (χ1v) is 6.83. The van der Waals surface area contributed by atoms with Crippen LogP contribution >= 0.6 is 0 Å². The zero-order valence-corrected chi connectivity index (χ0v) is 11.0. The summed E-state index contributed by atoms with van der Waals surface area (Å²) in [6.07, 6.45) is 0. The number of benzene rings is 1. The SMILES string of the molecule is NCCNCCN1CCN(c2ccccc2)CC1. The maximum absolute atomic E-state index is 5.45. The monoisotopic (exact) mass is 248 g/mol. The summed E-state index contributed by atoms with van der Waals surface area (Å²) in [5.74, 6) is 0. The van der Waals surface area contributed by atoms with Gasteiger partial charge in [0.15, 0.2) is 0 Å². The average molecular weight is 248 g/mol. The lowest BCUT2D eigenvalue weighted by Crippen LogP contribution is -2.48. The van der Waals surface area contributed by atoms with Gasteiger partial charge in [-0.15, -0.1) is 0 Å². The Hall–Kier alpha value is -1.10. The van der Waals surface area contributed by atoms with Crippen LogP contribution in [0.5, 0.6) is 0 Å². The Morgan fingerprint density at radius 1 is 1.00 bits per heavy atom. The zero-order chi connectivity index (χ0) is 12.6. The summed E-state index contributed by atoms with van der Waals surface area (Å²) in [4.78, 5) is 4.98. The molecule has 0 aliphatic carbocycles. The minimum Gasteiger partial charge on any atom is -0.369 e. The van der Waals surface area contributed by atoms with Gasteiger partial charge >= 0.3 is 0 Å². The molecule has 3 N–H and O–H groups in total. The number of nitrogens with zero attached hydrogens (tertiary/aromatic N) is 2. The van der Waals surface area contributed by atoms with Crippen LogP contribution in [0.25, 0.3) is 0 Å². The summed E-state index contributed by atoms with van der Waals surface area (Å²) in [5, 5.41) is 3.34. The Kier molecular flexibility index (Phi) is 5.45. The molecule has 4 heteroatoms. The third-order valence-corrected chi connectivity index (χ3v) is 3.42. The fraction of sp³-hybridized carbons (Fsp3) is 0.571. The van der Waals surface area contributed by atoms with Crippen LogP contribution in [0.1, 0.15) is 0 Å². The Morgan fingerprint density at radius 2 is 1.72 bits per heavy atom. The molecule has 1 aromatic rings. The van der Waals surface area contributed by atoms with Crippen LogP contribution in [0.2, 0.25) is 0 Å². The second kappa shape index (κ2) is 7.36. The van der Waals surface area contributed by atoms with E-state index in [0.29, 0.717) is 0 Å². The molecule has 0 radical (unpaired) electrons. The van der Waals surface area contributed by atoms with Gasteiger partial charge in [-0.05, 0) is 12.1 Å². The predicted molar refractivity (Wildman–Crippen MR) is 77.0 cm³/mol. The summed E-state index contributed by atoms with van der Waals surface area (Å²) in [7, 11) is 0. The van der Waals surface area contributed by atoms with Crippen molar-refractivity contribution in [2.45, 2.75) is 0 Å². The van der Waals surface area contributed by atoms with E-state index >= 15 is 0 Å². The molecule has 2 rings (SSSR count). The normalized spacial score (nSPS) is 17.1. The molecular formula is C14H24N4. The second-order valence-electron chi connectivity index (χ2n) is 4.70. The van der Waals surface area contributed by atoms with Gasteiger partial charge in [0.1, 0.15) is 0 Å². The number of para-hydroxylation sites is 1. The zero-order valence-electron chi connectivity index (χ0n) is 11.0. The summed E-state index contributed by atoms with van der Waals surface area (Å²) in [5.41, 5.74) is 6.79. The molecule has 18 heavy (non-hydrogen) atoms. The van der Waals surface area contributed by atoms with Crippen molar-refractivity contribution in [1.29, 1.82) is 0 Å². The van der Waals surface area contributed by atoms with Gasteiger partial charge in [-0.1, -0.05) is 18.2 Å². The fourth-order valence-corrected chi connectivity index (χ4v) is 2.33. The van der Waals surface area contributed by atoms with Gasteiger partial charge in [0.25, 0.3) is 0 Å². The minimum atomic E-state index is 0.724. The van der Waals surface area contributed by atoms with Crippen LogP contribution in [0, 0.1) is 0 Å². The summed E-state index contributed by atoms with van der Waals surface area (Å²) >= 11 is 0. The van der Waals surface area contributed by atoms with Crippen molar-refractivity contribution in [1.82, 2.24) is 10.2 Å². The second-order valence-corrected chi connectivity index (χ2v) is 4.70. The van der Waals surface area contributed by atoms with E-state index in [9.17, 15) is 0 Å². The molecule has 0 atom stereocenters.